The molecule has 1 unspecified atom stereocenters. The molecule has 0 aliphatic carbocycles. The number of hydrogen-bond acceptors (Lipinski definition) is 3. The Kier molecular flexibility index (Phi) is 5.47. The molecule has 2 aromatic carbocycles. The molecule has 0 saturated carbocycles. The molecule has 7 heteroatoms. The Balaban J connectivity index is 1.23. The Morgan fingerprint density at radius 3 is 2.91 bits per heavy atom. The zero-order chi connectivity index (χ0) is 22.1. The molecular formula is C25H26FN5O. The maximum absolute atomic E-state index is 13.4. The van der Waals surface area contributed by atoms with Gasteiger partial charge in [0.15, 0.2) is 0 Å². The summed E-state index contributed by atoms with van der Waals surface area (Å²) in [4.78, 5) is 14.8. The van der Waals surface area contributed by atoms with Crippen molar-refractivity contribution in [3.63, 3.8) is 0 Å². The third-order valence-corrected chi connectivity index (χ3v) is 6.40. The minimum absolute atomic E-state index is 0.138. The summed E-state index contributed by atoms with van der Waals surface area (Å²) in [6.45, 7) is 3.63. The Morgan fingerprint density at radius 2 is 2.09 bits per heavy atom. The molecule has 2 atom stereocenters. The molecular weight excluding hydrogens is 405 g/mol. The summed E-state index contributed by atoms with van der Waals surface area (Å²) >= 11 is 0. The molecule has 3 heterocycles. The first-order valence-corrected chi connectivity index (χ1v) is 11.1. The maximum atomic E-state index is 13.4. The molecule has 1 fully saturated rings. The number of fused-ring (bicyclic) bond motifs is 1. The molecule has 1 amide bonds. The molecule has 1 aliphatic rings. The number of carbonyl (C=O) groups is 1. The normalized spacial score (nSPS) is 18.5. The van der Waals surface area contributed by atoms with E-state index in [0.717, 1.165) is 47.1 Å². The van der Waals surface area contributed by atoms with E-state index in [1.807, 2.05) is 34.2 Å². The molecule has 0 bridgehead atoms. The molecule has 5 rings (SSSR count). The van der Waals surface area contributed by atoms with Crippen molar-refractivity contribution < 1.29 is 9.18 Å². The van der Waals surface area contributed by atoms with Gasteiger partial charge in [-0.05, 0) is 61.1 Å². The summed E-state index contributed by atoms with van der Waals surface area (Å²) in [6, 6.07) is 13.0. The second kappa shape index (κ2) is 8.57. The van der Waals surface area contributed by atoms with Crippen molar-refractivity contribution in [3.8, 4) is 11.1 Å². The van der Waals surface area contributed by atoms with E-state index in [2.05, 4.69) is 40.4 Å². The average molecular weight is 432 g/mol. The summed E-state index contributed by atoms with van der Waals surface area (Å²) in [7, 11) is 0. The number of rotatable bonds is 6. The second-order valence-corrected chi connectivity index (χ2v) is 8.71. The van der Waals surface area contributed by atoms with Gasteiger partial charge in [0.25, 0.3) is 0 Å². The molecule has 32 heavy (non-hydrogen) atoms. The molecule has 4 aromatic rings. The molecule has 0 spiro atoms. The van der Waals surface area contributed by atoms with Gasteiger partial charge in [-0.1, -0.05) is 18.2 Å². The number of halogens is 1. The highest BCUT2D eigenvalue weighted by Crippen LogP contribution is 2.28. The van der Waals surface area contributed by atoms with Gasteiger partial charge in [0, 0.05) is 42.7 Å². The topological polar surface area (TPSA) is 66.8 Å². The molecule has 164 valence electrons. The van der Waals surface area contributed by atoms with Crippen molar-refractivity contribution in [2.24, 2.45) is 5.92 Å². The van der Waals surface area contributed by atoms with Gasteiger partial charge in [0.05, 0.1) is 17.9 Å². The number of aryl methyl sites for hydroxylation is 1. The zero-order valence-electron chi connectivity index (χ0n) is 18.0. The van der Waals surface area contributed by atoms with Crippen molar-refractivity contribution in [3.05, 3.63) is 72.4 Å². The van der Waals surface area contributed by atoms with Gasteiger partial charge >= 0.3 is 0 Å². The van der Waals surface area contributed by atoms with Crippen LogP contribution in [0.4, 0.5) is 4.39 Å². The van der Waals surface area contributed by atoms with Crippen LogP contribution in [0.25, 0.3) is 22.0 Å². The Labute approximate surface area is 186 Å². The van der Waals surface area contributed by atoms with Crippen LogP contribution in [0.3, 0.4) is 0 Å². The van der Waals surface area contributed by atoms with Crippen LogP contribution < -0.4 is 0 Å². The van der Waals surface area contributed by atoms with E-state index in [0.29, 0.717) is 18.8 Å². The lowest BCUT2D eigenvalue weighted by Crippen LogP contribution is -2.34. The SMILES string of the molecule is C[C@@H]1CC(Cn2ncc3cc(-c4cn[nH]c4)ccc32)CN1C(=O)CCc1cccc(F)c1. The first kappa shape index (κ1) is 20.4. The Hall–Kier alpha value is -3.48. The average Bonchev–Trinajstić information content (AvgIpc) is 3.53. The van der Waals surface area contributed by atoms with Gasteiger partial charge in [0.2, 0.25) is 5.91 Å². The lowest BCUT2D eigenvalue weighted by Gasteiger charge is -2.21. The van der Waals surface area contributed by atoms with E-state index < -0.39 is 0 Å². The van der Waals surface area contributed by atoms with Crippen LogP contribution in [-0.2, 0) is 17.8 Å². The van der Waals surface area contributed by atoms with Crippen molar-refractivity contribution in [2.75, 3.05) is 6.54 Å². The van der Waals surface area contributed by atoms with Crippen LogP contribution in [-0.4, -0.2) is 43.4 Å². The van der Waals surface area contributed by atoms with Crippen LogP contribution in [0.5, 0.6) is 0 Å². The summed E-state index contributed by atoms with van der Waals surface area (Å²) in [5.41, 5.74) is 4.12. The van der Waals surface area contributed by atoms with E-state index in [-0.39, 0.29) is 17.8 Å². The lowest BCUT2D eigenvalue weighted by atomic mass is 10.1. The quantitative estimate of drug-likeness (QED) is 0.491. The highest BCUT2D eigenvalue weighted by atomic mass is 19.1. The fraction of sp³-hybridized carbons (Fsp3) is 0.320. The van der Waals surface area contributed by atoms with Crippen LogP contribution in [0, 0.1) is 11.7 Å². The molecule has 1 saturated heterocycles. The number of likely N-dealkylation sites (tertiary alicyclic amines) is 1. The van der Waals surface area contributed by atoms with E-state index in [4.69, 9.17) is 0 Å². The number of amides is 1. The van der Waals surface area contributed by atoms with Crippen molar-refractivity contribution in [1.82, 2.24) is 24.9 Å². The molecule has 2 aromatic heterocycles. The van der Waals surface area contributed by atoms with E-state index in [9.17, 15) is 9.18 Å². The minimum Gasteiger partial charge on any atom is -0.340 e. The van der Waals surface area contributed by atoms with Gasteiger partial charge in [-0.3, -0.25) is 14.6 Å². The van der Waals surface area contributed by atoms with E-state index >= 15 is 0 Å². The van der Waals surface area contributed by atoms with Gasteiger partial charge in [0.1, 0.15) is 5.82 Å². The van der Waals surface area contributed by atoms with Gasteiger partial charge in [-0.25, -0.2) is 4.39 Å². The largest absolute Gasteiger partial charge is 0.340 e. The highest BCUT2D eigenvalue weighted by Gasteiger charge is 2.32. The fourth-order valence-corrected chi connectivity index (χ4v) is 4.77. The predicted molar refractivity (Wildman–Crippen MR) is 121 cm³/mol. The predicted octanol–water partition coefficient (Wildman–Crippen LogP) is 4.44. The number of aromatic amines is 1. The van der Waals surface area contributed by atoms with Gasteiger partial charge < -0.3 is 4.90 Å². The Morgan fingerprint density at radius 1 is 1.19 bits per heavy atom. The standard InChI is InChI=1S/C25H26FN5O/c1-17-9-19(15-30(17)25(32)8-5-18-3-2-4-23(26)10-18)16-31-24-7-6-20(11-21(24)14-29-31)22-12-27-28-13-22/h2-4,6-7,10-14,17,19H,5,8-9,15-16H2,1H3,(H,27,28)/t17-,19?/m1/s1. The first-order chi connectivity index (χ1) is 15.6. The van der Waals surface area contributed by atoms with E-state index in [1.165, 1.54) is 12.1 Å². The molecule has 1 N–H and O–H groups in total. The minimum atomic E-state index is -0.257. The summed E-state index contributed by atoms with van der Waals surface area (Å²) in [6.07, 6.45) is 7.52. The van der Waals surface area contributed by atoms with Crippen LogP contribution in [0.1, 0.15) is 25.3 Å². The fourth-order valence-electron chi connectivity index (χ4n) is 4.77. The smallest absolute Gasteiger partial charge is 0.223 e. The maximum Gasteiger partial charge on any atom is 0.223 e. The lowest BCUT2D eigenvalue weighted by molar-refractivity contribution is -0.131. The number of H-pyrrole nitrogens is 1. The number of carbonyl (C=O) groups excluding carboxylic acids is 1. The molecule has 1 aliphatic heterocycles. The third kappa shape index (κ3) is 4.15. The van der Waals surface area contributed by atoms with Crippen molar-refractivity contribution >= 4 is 16.8 Å². The third-order valence-electron chi connectivity index (χ3n) is 6.40. The molecule has 0 radical (unpaired) electrons. The summed E-state index contributed by atoms with van der Waals surface area (Å²) in [5.74, 6) is 0.243. The second-order valence-electron chi connectivity index (χ2n) is 8.71. The number of aromatic nitrogens is 4. The van der Waals surface area contributed by atoms with Gasteiger partial charge in [-0.15, -0.1) is 0 Å². The Bertz CT molecular complexity index is 1230. The first-order valence-electron chi connectivity index (χ1n) is 11.1. The summed E-state index contributed by atoms with van der Waals surface area (Å²) in [5, 5.41) is 12.6. The number of nitrogens with one attached hydrogen (secondary N) is 1. The van der Waals surface area contributed by atoms with Crippen molar-refractivity contribution in [1.29, 1.82) is 0 Å². The van der Waals surface area contributed by atoms with Crippen LogP contribution >= 0.6 is 0 Å². The number of hydrogen-bond donors (Lipinski definition) is 1. The van der Waals surface area contributed by atoms with Crippen LogP contribution in [0.15, 0.2) is 61.1 Å². The number of nitrogens with zero attached hydrogens (tertiary/aromatic N) is 4. The van der Waals surface area contributed by atoms with E-state index in [1.54, 1.807) is 6.07 Å². The van der Waals surface area contributed by atoms with Crippen LogP contribution in [0.2, 0.25) is 0 Å². The zero-order valence-corrected chi connectivity index (χ0v) is 18.0. The monoisotopic (exact) mass is 431 g/mol. The van der Waals surface area contributed by atoms with Crippen molar-refractivity contribution in [2.45, 2.75) is 38.8 Å². The highest BCUT2D eigenvalue weighted by molar-refractivity contribution is 5.84. The van der Waals surface area contributed by atoms with Gasteiger partial charge in [-0.2, -0.15) is 10.2 Å². The summed E-state index contributed by atoms with van der Waals surface area (Å²) < 4.78 is 15.4. The molecule has 6 nitrogen and oxygen atoms in total. The number of benzene rings is 2.